The summed E-state index contributed by atoms with van der Waals surface area (Å²) in [7, 11) is -13.5. The number of hydrogen-bond acceptors (Lipinski definition) is 16. The predicted molar refractivity (Wildman–Crippen MR) is 339 cm³/mol. The Labute approximate surface area is 581 Å². The van der Waals surface area contributed by atoms with Gasteiger partial charge >= 0.3 is 25.6 Å². The molecule has 0 radical (unpaired) electrons. The molecule has 12 rings (SSSR count). The van der Waals surface area contributed by atoms with E-state index in [4.69, 9.17) is 37.7 Å². The Kier molecular flexibility index (Phi) is 24.1. The Morgan fingerprint density at radius 2 is 0.788 bits per heavy atom. The van der Waals surface area contributed by atoms with Gasteiger partial charge in [-0.25, -0.2) is 47.8 Å². The van der Waals surface area contributed by atoms with Crippen molar-refractivity contribution in [2.45, 2.75) is 167 Å². The average molecular weight is 1610 g/mol. The van der Waals surface area contributed by atoms with Crippen molar-refractivity contribution >= 4 is 74.0 Å². The van der Waals surface area contributed by atoms with E-state index in [1.54, 1.807) is 27.7 Å². The third kappa shape index (κ3) is 19.3. The second kappa shape index (κ2) is 30.4. The number of benzene rings is 3. The molecule has 7 aliphatic rings. The minimum atomic E-state index is -5.00. The molecule has 0 amide bonds. The van der Waals surface area contributed by atoms with Crippen molar-refractivity contribution in [1.29, 1.82) is 0 Å². The molecule has 0 unspecified atom stereocenters. The van der Waals surface area contributed by atoms with Gasteiger partial charge in [0.05, 0.1) is 112 Å². The first kappa shape index (κ1) is 78.7. The maximum Gasteiger partial charge on any atom is 0.494 e. The lowest BCUT2D eigenvalue weighted by atomic mass is 9.78. The highest BCUT2D eigenvalue weighted by molar-refractivity contribution is 9.10. The Morgan fingerprint density at radius 1 is 0.455 bits per heavy atom. The Bertz CT molecular complexity index is 4020. The Hall–Kier alpha value is -4.40. The van der Waals surface area contributed by atoms with E-state index in [1.807, 2.05) is 0 Å². The molecular weight excluding hydrogens is 1530 g/mol. The summed E-state index contributed by atoms with van der Waals surface area (Å²) < 4.78 is 297. The summed E-state index contributed by atoms with van der Waals surface area (Å²) in [4.78, 5) is 4.62. The van der Waals surface area contributed by atoms with Crippen molar-refractivity contribution in [2.75, 3.05) is 56.9 Å². The van der Waals surface area contributed by atoms with Crippen LogP contribution in [0.3, 0.4) is 0 Å². The van der Waals surface area contributed by atoms with Gasteiger partial charge in [-0.15, -0.1) is 0 Å². The van der Waals surface area contributed by atoms with Crippen molar-refractivity contribution in [3.8, 4) is 11.3 Å². The van der Waals surface area contributed by atoms with Crippen LogP contribution in [0.15, 0.2) is 103 Å². The molecule has 6 heterocycles. The lowest BCUT2D eigenvalue weighted by Crippen LogP contribution is -2.41. The van der Waals surface area contributed by atoms with Gasteiger partial charge in [-0.05, 0) is 148 Å². The van der Waals surface area contributed by atoms with Crippen LogP contribution in [0.5, 0.6) is 0 Å². The topological polar surface area (TPSA) is 202 Å². The molecule has 3 aliphatic carbocycles. The average Bonchev–Trinajstić information content (AvgIpc) is 1.65. The summed E-state index contributed by atoms with van der Waals surface area (Å²) in [6, 6.07) is 10.0. The van der Waals surface area contributed by atoms with E-state index >= 15 is 0 Å². The maximum absolute atomic E-state index is 14.0. The van der Waals surface area contributed by atoms with E-state index in [1.165, 1.54) is 12.1 Å². The van der Waals surface area contributed by atoms with Crippen LogP contribution in [0.2, 0.25) is 0 Å². The molecule has 546 valence electrons. The molecule has 0 atom stereocenters. The van der Waals surface area contributed by atoms with Crippen LogP contribution in [0, 0.1) is 41.0 Å². The van der Waals surface area contributed by atoms with E-state index in [9.17, 15) is 82.3 Å². The molecule has 3 spiro atoms. The van der Waals surface area contributed by atoms with Crippen LogP contribution in [0.1, 0.15) is 121 Å². The summed E-state index contributed by atoms with van der Waals surface area (Å²) in [5, 5.41) is 0. The molecule has 3 saturated carbocycles. The van der Waals surface area contributed by atoms with E-state index in [-0.39, 0.29) is 49.4 Å². The molecular formula is C64H70BBr2F13N2O14S3. The van der Waals surface area contributed by atoms with Crippen LogP contribution < -0.4 is 5.46 Å². The van der Waals surface area contributed by atoms with Gasteiger partial charge in [0, 0.05) is 60.7 Å². The lowest BCUT2D eigenvalue weighted by Gasteiger charge is -2.35. The van der Waals surface area contributed by atoms with Gasteiger partial charge in [0.25, 0.3) is 0 Å². The number of rotatable bonds is 11. The van der Waals surface area contributed by atoms with Crippen LogP contribution in [-0.4, -0.2) is 128 Å². The molecule has 4 saturated heterocycles. The largest absolute Gasteiger partial charge is 0.494 e. The number of nitrogens with zero attached hydrogens (tertiary/aromatic N) is 2. The van der Waals surface area contributed by atoms with Crippen molar-refractivity contribution in [1.82, 2.24) is 9.97 Å². The number of halogens is 15. The molecule has 0 bridgehead atoms. The fourth-order valence-electron chi connectivity index (χ4n) is 12.8. The summed E-state index contributed by atoms with van der Waals surface area (Å²) in [6.45, 7) is 10.2. The number of sulfone groups is 3. The standard InChI is InChI=1S/C22H30BF3O6S.C21H20F5NO4S.C16H18BrF3O4S.C5H2BrF2N/c1-19(2)20(3,4)32-23(31-19)16-5-6-18(17(13-16)22(24,25)26)33(27,28)14-15-7-9-21(10-8-15)29-11-12-30-21;22-15-10-17(23)19(27-11-15)14-1-2-18(16(9-14)21(24,25)26)32(28,29)12-13-3-5-20(6-4-13)30-7-8-31-20;17-12-1-2-14(13(9-12)16(18,19)20)25(21,22)10-11-3-5-15(6-4-11)23-7-8-24-15;6-5-4(8)1-3(7)2-9-5/h5-6,13,15H,7-12,14H2,1-4H3;1-2,9-11,13H,3-8,12H2;1-2,9,11H,3-8,10H2;1-2H. The van der Waals surface area contributed by atoms with Crippen molar-refractivity contribution in [3.63, 3.8) is 0 Å². The predicted octanol–water partition coefficient (Wildman–Crippen LogP) is 14.8. The first-order valence-electron chi connectivity index (χ1n) is 31.4. The lowest BCUT2D eigenvalue weighted by molar-refractivity contribution is -0.181. The molecule has 99 heavy (non-hydrogen) atoms. The maximum atomic E-state index is 14.0. The van der Waals surface area contributed by atoms with E-state index < -0.39 is 150 Å². The highest BCUT2D eigenvalue weighted by atomic mass is 79.9. The molecule has 2 aromatic heterocycles. The van der Waals surface area contributed by atoms with Gasteiger partial charge in [-0.3, -0.25) is 4.98 Å². The SMILES string of the molecule is CC1(C)OB(c2ccc(S(=O)(=O)CC3CCC4(CC3)OCCO4)c(C(F)(F)F)c2)OC1(C)C.Fc1cnc(Br)c(F)c1.O=S(=O)(CC1CCC2(CC1)OCCO2)c1ccc(-c2ncc(F)cc2F)cc1C(F)(F)F.O=S(=O)(CC1CCC2(CC1)OCCO2)c1ccc(Br)cc1C(F)(F)F. The zero-order valence-corrected chi connectivity index (χ0v) is 59.3. The summed E-state index contributed by atoms with van der Waals surface area (Å²) >= 11 is 5.74. The number of alkyl halides is 9. The number of pyridine rings is 2. The normalized spacial score (nSPS) is 22.2. The number of hydrogen-bond donors (Lipinski definition) is 0. The van der Waals surface area contributed by atoms with Gasteiger partial charge in [0.1, 0.15) is 21.9 Å². The van der Waals surface area contributed by atoms with E-state index in [0.29, 0.717) is 135 Å². The molecule has 0 N–H and O–H groups in total. The third-order valence-electron chi connectivity index (χ3n) is 18.6. The van der Waals surface area contributed by atoms with Crippen LogP contribution in [0.4, 0.5) is 57.1 Å². The monoisotopic (exact) mass is 1600 g/mol. The zero-order chi connectivity index (χ0) is 72.6. The van der Waals surface area contributed by atoms with Crippen LogP contribution >= 0.6 is 31.9 Å². The first-order chi connectivity index (χ1) is 45.9. The summed E-state index contributed by atoms with van der Waals surface area (Å²) in [5.74, 6) is -7.34. The quantitative estimate of drug-likeness (QED) is 0.0686. The first-order valence-corrected chi connectivity index (χ1v) is 37.9. The summed E-state index contributed by atoms with van der Waals surface area (Å²) in [5.41, 5.74) is -5.86. The van der Waals surface area contributed by atoms with Crippen LogP contribution in [-0.2, 0) is 85.8 Å². The van der Waals surface area contributed by atoms with Crippen molar-refractivity contribution in [2.24, 2.45) is 17.8 Å². The molecule has 4 aliphatic heterocycles. The molecule has 16 nitrogen and oxygen atoms in total. The van der Waals surface area contributed by atoms with Gasteiger partial charge < -0.3 is 37.7 Å². The highest BCUT2D eigenvalue weighted by Crippen LogP contribution is 2.46. The van der Waals surface area contributed by atoms with Crippen LogP contribution in [0.25, 0.3) is 11.3 Å². The second-order valence-electron chi connectivity index (χ2n) is 26.1. The zero-order valence-electron chi connectivity index (χ0n) is 53.7. The Morgan fingerprint density at radius 3 is 1.14 bits per heavy atom. The Balaban J connectivity index is 0.000000164. The van der Waals surface area contributed by atoms with Gasteiger partial charge in [0.15, 0.2) is 58.5 Å². The molecule has 3 aromatic carbocycles. The van der Waals surface area contributed by atoms with Gasteiger partial charge in [0.2, 0.25) is 0 Å². The number of ether oxygens (including phenoxy) is 6. The molecule has 35 heteroatoms. The van der Waals surface area contributed by atoms with Crippen molar-refractivity contribution in [3.05, 3.63) is 128 Å². The van der Waals surface area contributed by atoms with E-state index in [2.05, 4.69) is 41.8 Å². The summed E-state index contributed by atoms with van der Waals surface area (Å²) in [6.07, 6.45) is -6.74. The third-order valence-corrected chi connectivity index (χ3v) is 25.5. The van der Waals surface area contributed by atoms with Gasteiger partial charge in [-0.2, -0.15) is 39.5 Å². The highest BCUT2D eigenvalue weighted by Gasteiger charge is 2.53. The number of aromatic nitrogens is 2. The molecule has 7 fully saturated rings. The smallest absolute Gasteiger partial charge is 0.399 e. The van der Waals surface area contributed by atoms with Gasteiger partial charge in [-0.1, -0.05) is 28.1 Å². The minimum absolute atomic E-state index is 0.0314. The fourth-order valence-corrected chi connectivity index (χ4v) is 19.1. The minimum Gasteiger partial charge on any atom is -0.399 e. The second-order valence-corrected chi connectivity index (χ2v) is 33.8. The van der Waals surface area contributed by atoms with E-state index in [0.717, 1.165) is 48.7 Å². The van der Waals surface area contributed by atoms with Crippen molar-refractivity contribution < 1.29 is 120 Å². The fraction of sp³-hybridized carbons (Fsp3) is 0.562. The molecule has 5 aromatic rings.